The van der Waals surface area contributed by atoms with Crippen molar-refractivity contribution in [3.8, 4) is 17.2 Å². The zero-order valence-corrected chi connectivity index (χ0v) is 20.7. The largest absolute Gasteiger partial charge is 0.494 e. The molecule has 1 N–H and O–H groups in total. The summed E-state index contributed by atoms with van der Waals surface area (Å²) < 4.78 is 11.3. The van der Waals surface area contributed by atoms with E-state index in [1.807, 2.05) is 61.5 Å². The summed E-state index contributed by atoms with van der Waals surface area (Å²) in [5.41, 5.74) is 1.40. The Morgan fingerprint density at radius 3 is 2.31 bits per heavy atom. The normalized spacial score (nSPS) is 18.4. The number of ether oxygens (including phenoxy) is 2. The number of carbonyl (C=O) groups is 2. The Hall–Kier alpha value is -3.78. The van der Waals surface area contributed by atoms with Gasteiger partial charge in [0, 0.05) is 18.2 Å². The van der Waals surface area contributed by atoms with Crippen molar-refractivity contribution < 1.29 is 19.1 Å². The minimum Gasteiger partial charge on any atom is -0.494 e. The number of nitrogens with one attached hydrogen (secondary N) is 1. The SMILES string of the molecule is CCOc1ccc(N=C2S[C@@H](CC(=O)Nc3ccc(Oc4ccccc4)cc3)C(=O)N2C2CC2)cc1. The lowest BCUT2D eigenvalue weighted by Crippen LogP contribution is -2.35. The van der Waals surface area contributed by atoms with Crippen LogP contribution in [0.1, 0.15) is 26.2 Å². The van der Waals surface area contributed by atoms with Crippen LogP contribution in [0.25, 0.3) is 0 Å². The summed E-state index contributed by atoms with van der Waals surface area (Å²) in [5, 5.41) is 3.06. The van der Waals surface area contributed by atoms with Gasteiger partial charge in [0.15, 0.2) is 5.17 Å². The molecule has 5 rings (SSSR count). The van der Waals surface area contributed by atoms with Crippen molar-refractivity contribution in [3.05, 3.63) is 78.9 Å². The van der Waals surface area contributed by atoms with Gasteiger partial charge in [-0.15, -0.1) is 0 Å². The molecule has 0 unspecified atom stereocenters. The van der Waals surface area contributed by atoms with Gasteiger partial charge in [0.05, 0.1) is 12.3 Å². The Balaban J connectivity index is 1.21. The molecule has 1 atom stereocenters. The van der Waals surface area contributed by atoms with E-state index >= 15 is 0 Å². The summed E-state index contributed by atoms with van der Waals surface area (Å²) in [6.07, 6.45) is 2.01. The maximum absolute atomic E-state index is 13.1. The molecule has 1 heterocycles. The molecule has 0 aromatic heterocycles. The van der Waals surface area contributed by atoms with Gasteiger partial charge >= 0.3 is 0 Å². The fraction of sp³-hybridized carbons (Fsp3) is 0.250. The lowest BCUT2D eigenvalue weighted by molar-refractivity contribution is -0.128. The summed E-state index contributed by atoms with van der Waals surface area (Å²) in [4.78, 5) is 32.4. The second kappa shape index (κ2) is 10.9. The van der Waals surface area contributed by atoms with Crippen molar-refractivity contribution >= 4 is 40.1 Å². The van der Waals surface area contributed by atoms with Gasteiger partial charge < -0.3 is 14.8 Å². The van der Waals surface area contributed by atoms with E-state index in [0.717, 1.165) is 30.0 Å². The Bertz CT molecular complexity index is 1240. The Kier molecular flexibility index (Phi) is 7.23. The van der Waals surface area contributed by atoms with Gasteiger partial charge in [0.2, 0.25) is 11.8 Å². The molecule has 2 fully saturated rings. The highest BCUT2D eigenvalue weighted by Crippen LogP contribution is 2.39. The van der Waals surface area contributed by atoms with E-state index in [9.17, 15) is 9.59 Å². The molecular weight excluding hydrogens is 474 g/mol. The zero-order valence-electron chi connectivity index (χ0n) is 19.9. The molecule has 3 aromatic carbocycles. The third-order valence-electron chi connectivity index (χ3n) is 5.74. The molecule has 184 valence electrons. The number of rotatable bonds is 9. The molecule has 0 spiro atoms. The molecule has 3 aromatic rings. The standard InChI is InChI=1S/C28H27N3O4S/c1-2-34-22-14-8-20(9-15-22)30-28-31(21-12-13-21)27(33)25(36-28)18-26(32)29-19-10-16-24(17-11-19)35-23-6-4-3-5-7-23/h3-11,14-17,21,25H,2,12-13,18H2,1H3,(H,29,32)/t25-/m0/s1. The summed E-state index contributed by atoms with van der Waals surface area (Å²) in [6.45, 7) is 2.54. The van der Waals surface area contributed by atoms with Gasteiger partial charge in [-0.25, -0.2) is 4.99 Å². The molecule has 2 aliphatic rings. The zero-order chi connectivity index (χ0) is 24.9. The van der Waals surface area contributed by atoms with Crippen LogP contribution >= 0.6 is 11.8 Å². The summed E-state index contributed by atoms with van der Waals surface area (Å²) in [7, 11) is 0. The second-order valence-electron chi connectivity index (χ2n) is 8.56. The molecule has 0 bridgehead atoms. The van der Waals surface area contributed by atoms with E-state index in [2.05, 4.69) is 5.32 Å². The van der Waals surface area contributed by atoms with Crippen LogP contribution in [-0.2, 0) is 9.59 Å². The Morgan fingerprint density at radius 1 is 0.972 bits per heavy atom. The topological polar surface area (TPSA) is 80.2 Å². The fourth-order valence-electron chi connectivity index (χ4n) is 3.87. The number of hydrogen-bond donors (Lipinski definition) is 1. The number of hydrogen-bond acceptors (Lipinski definition) is 6. The van der Waals surface area contributed by atoms with Crippen molar-refractivity contribution in [2.24, 2.45) is 4.99 Å². The van der Waals surface area contributed by atoms with E-state index in [-0.39, 0.29) is 24.3 Å². The van der Waals surface area contributed by atoms with Crippen molar-refractivity contribution in [3.63, 3.8) is 0 Å². The highest BCUT2D eigenvalue weighted by atomic mass is 32.2. The second-order valence-corrected chi connectivity index (χ2v) is 9.73. The fourth-order valence-corrected chi connectivity index (χ4v) is 5.08. The summed E-state index contributed by atoms with van der Waals surface area (Å²) in [5.74, 6) is 1.94. The number of carbonyl (C=O) groups excluding carboxylic acids is 2. The van der Waals surface area contributed by atoms with Gasteiger partial charge in [0.1, 0.15) is 22.5 Å². The highest BCUT2D eigenvalue weighted by Gasteiger charge is 2.46. The van der Waals surface area contributed by atoms with Crippen LogP contribution < -0.4 is 14.8 Å². The minimum atomic E-state index is -0.493. The summed E-state index contributed by atoms with van der Waals surface area (Å²) >= 11 is 1.36. The molecular formula is C28H27N3O4S. The van der Waals surface area contributed by atoms with Crippen LogP contribution in [0, 0.1) is 0 Å². The van der Waals surface area contributed by atoms with Crippen LogP contribution in [0.15, 0.2) is 83.9 Å². The lowest BCUT2D eigenvalue weighted by atomic mass is 10.2. The number of thioether (sulfide) groups is 1. The van der Waals surface area contributed by atoms with E-state index < -0.39 is 5.25 Å². The van der Waals surface area contributed by atoms with Crippen molar-refractivity contribution in [2.75, 3.05) is 11.9 Å². The predicted molar refractivity (Wildman–Crippen MR) is 142 cm³/mol. The number of aliphatic imine (C=N–C) groups is 1. The van der Waals surface area contributed by atoms with Crippen LogP contribution in [0.2, 0.25) is 0 Å². The van der Waals surface area contributed by atoms with Gasteiger partial charge in [-0.05, 0) is 80.4 Å². The molecule has 0 radical (unpaired) electrons. The highest BCUT2D eigenvalue weighted by molar-refractivity contribution is 8.15. The molecule has 1 saturated carbocycles. The van der Waals surface area contributed by atoms with Crippen LogP contribution in [0.4, 0.5) is 11.4 Å². The van der Waals surface area contributed by atoms with Crippen molar-refractivity contribution in [2.45, 2.75) is 37.5 Å². The summed E-state index contributed by atoms with van der Waals surface area (Å²) in [6, 6.07) is 24.3. The molecule has 1 saturated heterocycles. The predicted octanol–water partition coefficient (Wildman–Crippen LogP) is 6.00. The first-order valence-corrected chi connectivity index (χ1v) is 12.9. The van der Waals surface area contributed by atoms with Crippen molar-refractivity contribution in [1.29, 1.82) is 0 Å². The first-order chi connectivity index (χ1) is 17.6. The molecule has 7 nitrogen and oxygen atoms in total. The number of amidine groups is 1. The van der Waals surface area contributed by atoms with Crippen molar-refractivity contribution in [1.82, 2.24) is 4.90 Å². The maximum atomic E-state index is 13.1. The average Bonchev–Trinajstić information content (AvgIpc) is 3.67. The van der Waals surface area contributed by atoms with E-state index in [1.165, 1.54) is 11.8 Å². The van der Waals surface area contributed by atoms with Gasteiger partial charge in [-0.3, -0.25) is 14.5 Å². The average molecular weight is 502 g/mol. The van der Waals surface area contributed by atoms with E-state index in [1.54, 1.807) is 29.2 Å². The van der Waals surface area contributed by atoms with E-state index in [4.69, 9.17) is 14.5 Å². The monoisotopic (exact) mass is 501 g/mol. The molecule has 1 aliphatic heterocycles. The number of benzene rings is 3. The Morgan fingerprint density at radius 2 is 1.64 bits per heavy atom. The van der Waals surface area contributed by atoms with E-state index in [0.29, 0.717) is 23.2 Å². The number of nitrogens with zero attached hydrogens (tertiary/aromatic N) is 2. The van der Waals surface area contributed by atoms with Gasteiger partial charge in [-0.1, -0.05) is 30.0 Å². The number of anilines is 1. The third-order valence-corrected chi connectivity index (χ3v) is 6.89. The molecule has 2 amide bonds. The number of para-hydroxylation sites is 1. The Labute approximate surface area is 214 Å². The molecule has 1 aliphatic carbocycles. The lowest BCUT2D eigenvalue weighted by Gasteiger charge is -2.15. The minimum absolute atomic E-state index is 0.0473. The smallest absolute Gasteiger partial charge is 0.242 e. The van der Waals surface area contributed by atoms with Crippen LogP contribution in [-0.4, -0.2) is 39.8 Å². The molecule has 36 heavy (non-hydrogen) atoms. The number of amides is 2. The first kappa shape index (κ1) is 23.9. The van der Waals surface area contributed by atoms with Crippen LogP contribution in [0.5, 0.6) is 17.2 Å². The third kappa shape index (κ3) is 5.88. The quantitative estimate of drug-likeness (QED) is 0.389. The maximum Gasteiger partial charge on any atom is 0.242 e. The van der Waals surface area contributed by atoms with Crippen LogP contribution in [0.3, 0.4) is 0 Å². The molecule has 8 heteroatoms. The van der Waals surface area contributed by atoms with Gasteiger partial charge in [0.25, 0.3) is 0 Å². The first-order valence-electron chi connectivity index (χ1n) is 12.0. The van der Waals surface area contributed by atoms with Gasteiger partial charge in [-0.2, -0.15) is 0 Å².